The lowest BCUT2D eigenvalue weighted by atomic mass is 9.91. The van der Waals surface area contributed by atoms with Gasteiger partial charge in [-0.25, -0.2) is 0 Å². The van der Waals surface area contributed by atoms with Crippen molar-refractivity contribution in [2.24, 2.45) is 35.5 Å². The van der Waals surface area contributed by atoms with E-state index in [1.54, 1.807) is 54.5 Å². The fourth-order valence-corrected chi connectivity index (χ4v) is 13.9. The topological polar surface area (TPSA) is 302 Å². The highest BCUT2D eigenvalue weighted by Gasteiger charge is 2.47. The largest absolute Gasteiger partial charge is 0.390 e. The third kappa shape index (κ3) is 25.7. The molecular formula is C71H128N12O13S. The molecule has 97 heavy (non-hydrogen) atoms. The lowest BCUT2D eigenvalue weighted by Crippen LogP contribution is -2.64. The molecule has 2 rings (SSSR count). The molecule has 11 amide bonds. The van der Waals surface area contributed by atoms with Crippen molar-refractivity contribution in [3.05, 3.63) is 12.2 Å². The van der Waals surface area contributed by atoms with Gasteiger partial charge in [-0.2, -0.15) is 0 Å². The second kappa shape index (κ2) is 40.4. The van der Waals surface area contributed by atoms with Gasteiger partial charge in [0.1, 0.15) is 60.4 Å². The predicted octanol–water partition coefficient (Wildman–Crippen LogP) is 4.71. The summed E-state index contributed by atoms with van der Waals surface area (Å²) >= 11 is 1.17. The van der Waals surface area contributed by atoms with Crippen molar-refractivity contribution in [1.29, 1.82) is 0 Å². The van der Waals surface area contributed by atoms with E-state index < -0.39 is 160 Å². The van der Waals surface area contributed by atoms with Crippen LogP contribution in [-0.2, 0) is 52.7 Å². The molecule has 556 valence electrons. The molecule has 0 aliphatic carbocycles. The van der Waals surface area contributed by atoms with E-state index in [9.17, 15) is 29.4 Å². The zero-order chi connectivity index (χ0) is 74.4. The van der Waals surface area contributed by atoms with Crippen molar-refractivity contribution in [1.82, 2.24) is 60.5 Å². The average Bonchev–Trinajstić information content (AvgIpc) is 0.808. The summed E-state index contributed by atoms with van der Waals surface area (Å²) in [5.41, 5.74) is -1.58. The van der Waals surface area contributed by atoms with Crippen LogP contribution in [0, 0.1) is 35.5 Å². The Morgan fingerprint density at radius 1 is 0.515 bits per heavy atom. The van der Waals surface area contributed by atoms with Gasteiger partial charge < -0.3 is 70.7 Å². The molecule has 25 nitrogen and oxygen atoms in total. The summed E-state index contributed by atoms with van der Waals surface area (Å²) < 4.78 is 0. The normalized spacial score (nSPS) is 27.1. The van der Waals surface area contributed by atoms with Crippen LogP contribution < -0.4 is 21.3 Å². The zero-order valence-electron chi connectivity index (χ0n) is 63.5. The molecule has 0 aromatic carbocycles. The minimum absolute atomic E-state index is 0.0202. The van der Waals surface area contributed by atoms with Crippen molar-refractivity contribution in [3.63, 3.8) is 0 Å². The minimum atomic E-state index is -1.66. The number of thioether (sulfide) groups is 1. The molecule has 0 aromatic rings. The van der Waals surface area contributed by atoms with Crippen LogP contribution in [0.5, 0.6) is 0 Å². The molecule has 0 bridgehead atoms. The number of nitrogens with zero attached hydrogens (tertiary/aromatic N) is 8. The number of carbonyl (C=O) groups is 11. The molecule has 0 spiro atoms. The summed E-state index contributed by atoms with van der Waals surface area (Å²) in [4.78, 5) is 176. The van der Waals surface area contributed by atoms with Gasteiger partial charge in [-0.15, -0.1) is 11.8 Å². The maximum atomic E-state index is 15.5. The van der Waals surface area contributed by atoms with E-state index in [4.69, 9.17) is 0 Å². The molecule has 0 saturated carbocycles. The number of piperidine rings is 1. The van der Waals surface area contributed by atoms with Gasteiger partial charge in [-0.1, -0.05) is 102 Å². The van der Waals surface area contributed by atoms with Crippen LogP contribution in [0.3, 0.4) is 0 Å². The van der Waals surface area contributed by atoms with Crippen molar-refractivity contribution < 1.29 is 63.0 Å². The van der Waals surface area contributed by atoms with E-state index in [1.807, 2.05) is 47.6 Å². The number of likely N-dealkylation sites (N-methyl/N-ethyl adjacent to an activating group) is 7. The van der Waals surface area contributed by atoms with Crippen molar-refractivity contribution >= 4 is 76.7 Å². The molecule has 2 fully saturated rings. The van der Waals surface area contributed by atoms with Crippen LogP contribution in [0.25, 0.3) is 0 Å². The molecule has 13 atom stereocenters. The Bertz CT molecular complexity index is 2650. The number of hydrogen-bond donors (Lipinski definition) is 6. The van der Waals surface area contributed by atoms with E-state index in [-0.39, 0.29) is 49.9 Å². The molecule has 2 heterocycles. The van der Waals surface area contributed by atoms with Gasteiger partial charge in [0.2, 0.25) is 59.1 Å². The van der Waals surface area contributed by atoms with Crippen LogP contribution in [0.1, 0.15) is 188 Å². The van der Waals surface area contributed by atoms with Gasteiger partial charge >= 0.3 is 0 Å². The Morgan fingerprint density at radius 2 is 0.990 bits per heavy atom. The van der Waals surface area contributed by atoms with Crippen LogP contribution in [0.4, 0.5) is 0 Å². The second-order valence-corrected chi connectivity index (χ2v) is 31.2. The van der Waals surface area contributed by atoms with Crippen molar-refractivity contribution in [2.75, 3.05) is 74.7 Å². The third-order valence-electron chi connectivity index (χ3n) is 18.8. The summed E-state index contributed by atoms with van der Waals surface area (Å²) in [5, 5.41) is 33.6. The van der Waals surface area contributed by atoms with Gasteiger partial charge in [0, 0.05) is 55.8 Å². The van der Waals surface area contributed by atoms with Crippen LogP contribution in [0.2, 0.25) is 0 Å². The quantitative estimate of drug-likeness (QED) is 0.0670. The number of nitrogens with one attached hydrogen (secondary N) is 4. The molecular weight excluding hydrogens is 1260 g/mol. The van der Waals surface area contributed by atoms with E-state index in [0.717, 1.165) is 48.7 Å². The third-order valence-corrected chi connectivity index (χ3v) is 20.1. The number of aliphatic hydroxyl groups excluding tert-OH is 1. The highest BCUT2D eigenvalue weighted by atomic mass is 32.2. The van der Waals surface area contributed by atoms with Gasteiger partial charge in [-0.05, 0) is 153 Å². The molecule has 0 radical (unpaired) electrons. The summed E-state index contributed by atoms with van der Waals surface area (Å²) in [6, 6.07) is -13.1. The number of amides is 11. The van der Waals surface area contributed by atoms with Crippen LogP contribution in [0.15, 0.2) is 12.2 Å². The Hall–Kier alpha value is -5.86. The molecule has 6 N–H and O–H groups in total. The number of carbonyl (C=O) groups excluding carboxylic acids is 11. The van der Waals surface area contributed by atoms with E-state index in [0.29, 0.717) is 18.6 Å². The number of aliphatic hydroxyl groups is 2. The molecule has 2 aliphatic rings. The smallest absolute Gasteiger partial charge is 0.256 e. The summed E-state index contributed by atoms with van der Waals surface area (Å²) in [7, 11) is 9.93. The molecule has 2 saturated heterocycles. The number of unbranched alkanes of at least 4 members (excludes halogenated alkanes) is 1. The number of likely N-dealkylation sites (tertiary alicyclic amines) is 1. The Balaban J connectivity index is 3.11. The first-order valence-electron chi connectivity index (χ1n) is 35.4. The predicted molar refractivity (Wildman–Crippen MR) is 381 cm³/mol. The van der Waals surface area contributed by atoms with Crippen LogP contribution >= 0.6 is 11.8 Å². The summed E-state index contributed by atoms with van der Waals surface area (Å²) in [5.74, 6) is -9.81. The van der Waals surface area contributed by atoms with Crippen molar-refractivity contribution in [3.8, 4) is 0 Å². The van der Waals surface area contributed by atoms with Crippen molar-refractivity contribution in [2.45, 2.75) is 266 Å². The molecule has 0 unspecified atom stereocenters. The number of rotatable bonds is 21. The first-order chi connectivity index (χ1) is 45.0. The molecule has 2 aliphatic heterocycles. The highest BCUT2D eigenvalue weighted by molar-refractivity contribution is 8.00. The van der Waals surface area contributed by atoms with E-state index in [2.05, 4.69) is 26.2 Å². The molecule has 0 aromatic heterocycles. The number of allylic oxidation sites excluding steroid dienone is 2. The van der Waals surface area contributed by atoms with Gasteiger partial charge in [0.05, 0.1) is 11.7 Å². The summed E-state index contributed by atoms with van der Waals surface area (Å²) in [6.07, 6.45) is 7.25. The fourth-order valence-electron chi connectivity index (χ4n) is 12.7. The second-order valence-electron chi connectivity index (χ2n) is 30.0. The minimum Gasteiger partial charge on any atom is -0.390 e. The summed E-state index contributed by atoms with van der Waals surface area (Å²) in [6.45, 7) is 31.9. The highest BCUT2D eigenvalue weighted by Crippen LogP contribution is 2.28. The molecule has 26 heteroatoms. The van der Waals surface area contributed by atoms with E-state index in [1.165, 1.54) is 120 Å². The first kappa shape index (κ1) is 87.2. The Morgan fingerprint density at radius 3 is 1.48 bits per heavy atom. The Kier molecular flexibility index (Phi) is 36.3. The van der Waals surface area contributed by atoms with Crippen LogP contribution in [-0.4, -0.2) is 267 Å². The van der Waals surface area contributed by atoms with Gasteiger partial charge in [0.15, 0.2) is 5.37 Å². The Labute approximate surface area is 585 Å². The fraction of sp³-hybridized carbons (Fsp3) is 0.817. The number of hydrogen-bond acceptors (Lipinski definition) is 15. The maximum Gasteiger partial charge on any atom is 0.256 e. The van der Waals surface area contributed by atoms with Gasteiger partial charge in [-0.3, -0.25) is 52.7 Å². The van der Waals surface area contributed by atoms with Gasteiger partial charge in [0.25, 0.3) is 5.91 Å². The lowest BCUT2D eigenvalue weighted by molar-refractivity contribution is -0.157. The monoisotopic (exact) mass is 1390 g/mol. The maximum absolute atomic E-state index is 15.5. The van der Waals surface area contributed by atoms with E-state index >= 15 is 33.6 Å². The zero-order valence-corrected chi connectivity index (χ0v) is 64.3. The SMILES string of the molecule is C/C=C/C[C@@H](C)[C@@H](O)[C@H]1C(=O)N[C@@H](CC)C(=O)N(C)[C@H](SCCCCN2CCCCC2)C(=O)N(C)[C@@H](CC(C)(C)O)C(=O)N[C@@H](C(C)C)C(=O)N(C)[C@@H](CC(C)C)C(=O)N[C@@H](C)C(=O)N[C@H](C)C(=O)N(C)[C@@H](CC(C)C)C(=O)N(C)[C@@H](CC(C)C)C(=O)N(C)[C@@H](C(C)C)C(=O)N1C. The lowest BCUT2D eigenvalue weighted by Gasteiger charge is -2.41. The first-order valence-corrected chi connectivity index (χ1v) is 36.5. The average molecular weight is 1390 g/mol. The standard InChI is InChI=1S/C71H128N12O13S/c1-25-27-33-47(13)58(84)57-62(88)74-50(26-2)64(90)82(24)70(97-37-32-31-36-83-34-29-28-30-35-83)69(95)79(21)54(41-71(16,17)96)61(87)75-55(45(9)10)67(93)76(18)51(38-42(3)4)60(86)72-48(14)59(85)73-49(15)63(89)77(19)52(39-43(5)6)65(91)78(20)53(40-44(7)8)66(92)80(22)56(46(11)12)68(94)81(57)23/h25,27,42-58,70,84,96H,26,28-41H2,1-24H3,(H,72,86)(H,73,85)(H,74,88)(H,75,87)/b27-25+/t47-,48+,49-,50+,51+,52+,53+,54+,55+,56+,57+,58-,70-/m1/s1.